The second-order valence-corrected chi connectivity index (χ2v) is 5.12. The van der Waals surface area contributed by atoms with Crippen LogP contribution in [0.5, 0.6) is 0 Å². The van der Waals surface area contributed by atoms with Crippen molar-refractivity contribution in [3.8, 4) is 0 Å². The van der Waals surface area contributed by atoms with Crippen LogP contribution in [0.15, 0.2) is 12.7 Å². The molecule has 0 aromatic heterocycles. The lowest BCUT2D eigenvalue weighted by atomic mass is 9.90. The minimum Gasteiger partial charge on any atom is -0.391 e. The summed E-state index contributed by atoms with van der Waals surface area (Å²) < 4.78 is 0. The molecule has 5 atom stereocenters. The van der Waals surface area contributed by atoms with Crippen molar-refractivity contribution >= 4 is 0 Å². The number of piperidine rings is 1. The van der Waals surface area contributed by atoms with Crippen molar-refractivity contribution < 1.29 is 15.3 Å². The summed E-state index contributed by atoms with van der Waals surface area (Å²) in [6, 6.07) is -0.414. The SMILES string of the molecule is C=CCN(C)C1CN2CCC(O)[C@@H]2[C@@H](O)C1O. The number of likely N-dealkylation sites (N-methyl/N-ethyl adjacent to an activating group) is 1. The van der Waals surface area contributed by atoms with E-state index < -0.39 is 18.3 Å². The molecule has 5 nitrogen and oxygen atoms in total. The second kappa shape index (κ2) is 5.04. The predicted molar refractivity (Wildman–Crippen MR) is 64.6 cm³/mol. The zero-order valence-corrected chi connectivity index (χ0v) is 10.2. The fourth-order valence-electron chi connectivity index (χ4n) is 3.03. The van der Waals surface area contributed by atoms with Gasteiger partial charge in [0.25, 0.3) is 0 Å². The fourth-order valence-corrected chi connectivity index (χ4v) is 3.03. The first-order valence-corrected chi connectivity index (χ1v) is 6.15. The van der Waals surface area contributed by atoms with Crippen molar-refractivity contribution in [2.24, 2.45) is 0 Å². The van der Waals surface area contributed by atoms with Gasteiger partial charge in [0.2, 0.25) is 0 Å². The van der Waals surface area contributed by atoms with Gasteiger partial charge in [0.1, 0.15) is 0 Å². The Balaban J connectivity index is 2.10. The van der Waals surface area contributed by atoms with Gasteiger partial charge >= 0.3 is 0 Å². The van der Waals surface area contributed by atoms with Crippen molar-refractivity contribution in [2.45, 2.75) is 36.8 Å². The maximum atomic E-state index is 10.1. The van der Waals surface area contributed by atoms with Crippen LogP contribution in [0.25, 0.3) is 0 Å². The third kappa shape index (κ3) is 2.26. The van der Waals surface area contributed by atoms with Crippen molar-refractivity contribution in [1.29, 1.82) is 0 Å². The number of hydrogen-bond donors (Lipinski definition) is 3. The van der Waals surface area contributed by atoms with Crippen LogP contribution in [-0.2, 0) is 0 Å². The van der Waals surface area contributed by atoms with Crippen LogP contribution in [-0.4, -0.2) is 82.2 Å². The lowest BCUT2D eigenvalue weighted by Gasteiger charge is -2.45. The molecule has 17 heavy (non-hydrogen) atoms. The molecule has 5 heteroatoms. The molecule has 3 unspecified atom stereocenters. The summed E-state index contributed by atoms with van der Waals surface area (Å²) in [6.45, 7) is 5.83. The van der Waals surface area contributed by atoms with E-state index in [1.807, 2.05) is 11.9 Å². The number of fused-ring (bicyclic) bond motifs is 1. The Kier molecular flexibility index (Phi) is 3.85. The van der Waals surface area contributed by atoms with Crippen LogP contribution in [0, 0.1) is 0 Å². The monoisotopic (exact) mass is 242 g/mol. The van der Waals surface area contributed by atoms with Gasteiger partial charge < -0.3 is 15.3 Å². The standard InChI is InChI=1S/C12H22N2O3/c1-3-5-13(2)8-7-14-6-4-9(15)10(14)12(17)11(8)16/h3,8-12,15-17H,1,4-7H2,2H3/t8?,9?,10-,11?,12-/m1/s1. The maximum absolute atomic E-state index is 10.1. The number of aliphatic hydroxyl groups is 3. The van der Waals surface area contributed by atoms with E-state index in [-0.39, 0.29) is 12.1 Å². The van der Waals surface area contributed by atoms with E-state index in [2.05, 4.69) is 11.5 Å². The molecule has 2 rings (SSSR count). The van der Waals surface area contributed by atoms with Gasteiger partial charge in [-0.05, 0) is 13.5 Å². The third-order valence-electron chi connectivity index (χ3n) is 4.03. The molecular weight excluding hydrogens is 220 g/mol. The van der Waals surface area contributed by atoms with Gasteiger partial charge in [-0.2, -0.15) is 0 Å². The minimum atomic E-state index is -0.876. The second-order valence-electron chi connectivity index (χ2n) is 5.12. The zero-order chi connectivity index (χ0) is 12.6. The highest BCUT2D eigenvalue weighted by molar-refractivity contribution is 5.04. The van der Waals surface area contributed by atoms with Gasteiger partial charge in [-0.3, -0.25) is 9.80 Å². The van der Waals surface area contributed by atoms with Gasteiger partial charge in [-0.15, -0.1) is 6.58 Å². The summed E-state index contributed by atoms with van der Waals surface area (Å²) in [5, 5.41) is 30.0. The van der Waals surface area contributed by atoms with Crippen LogP contribution in [0.4, 0.5) is 0 Å². The normalized spacial score (nSPS) is 42.8. The average Bonchev–Trinajstić information content (AvgIpc) is 2.65. The van der Waals surface area contributed by atoms with Crippen LogP contribution in [0.3, 0.4) is 0 Å². The van der Waals surface area contributed by atoms with Crippen molar-refractivity contribution in [1.82, 2.24) is 9.80 Å². The van der Waals surface area contributed by atoms with E-state index in [9.17, 15) is 15.3 Å². The molecule has 0 spiro atoms. The highest BCUT2D eigenvalue weighted by atomic mass is 16.3. The van der Waals surface area contributed by atoms with E-state index in [1.54, 1.807) is 6.08 Å². The van der Waals surface area contributed by atoms with E-state index in [0.717, 1.165) is 6.54 Å². The topological polar surface area (TPSA) is 67.2 Å². The molecule has 0 aliphatic carbocycles. The molecular formula is C12H22N2O3. The number of hydrogen-bond acceptors (Lipinski definition) is 5. The van der Waals surface area contributed by atoms with E-state index >= 15 is 0 Å². The summed E-state index contributed by atoms with van der Waals surface area (Å²) in [4.78, 5) is 4.06. The van der Waals surface area contributed by atoms with Gasteiger partial charge in [0.05, 0.1) is 30.4 Å². The quantitative estimate of drug-likeness (QED) is 0.534. The first-order valence-electron chi connectivity index (χ1n) is 6.15. The first-order chi connectivity index (χ1) is 8.06. The Morgan fingerprint density at radius 2 is 2.06 bits per heavy atom. The van der Waals surface area contributed by atoms with E-state index in [4.69, 9.17) is 0 Å². The summed E-state index contributed by atoms with van der Waals surface area (Å²) in [5.74, 6) is 0. The molecule has 0 aromatic rings. The average molecular weight is 242 g/mol. The summed E-state index contributed by atoms with van der Waals surface area (Å²) in [7, 11) is 1.91. The van der Waals surface area contributed by atoms with Gasteiger partial charge in [0.15, 0.2) is 0 Å². The number of rotatable bonds is 3. The number of aliphatic hydroxyl groups excluding tert-OH is 3. The van der Waals surface area contributed by atoms with Crippen LogP contribution < -0.4 is 0 Å². The molecule has 2 aliphatic heterocycles. The molecule has 0 bridgehead atoms. The Labute approximate surface area is 102 Å². The summed E-state index contributed by atoms with van der Waals surface area (Å²) in [6.07, 6.45) is 0.244. The summed E-state index contributed by atoms with van der Waals surface area (Å²) >= 11 is 0. The molecule has 98 valence electrons. The Hall–Kier alpha value is -0.460. The Bertz CT molecular complexity index is 287. The molecule has 0 saturated carbocycles. The molecule has 2 saturated heterocycles. The Morgan fingerprint density at radius 3 is 2.71 bits per heavy atom. The smallest absolute Gasteiger partial charge is 0.0994 e. The molecule has 0 aromatic carbocycles. The molecule has 0 amide bonds. The van der Waals surface area contributed by atoms with Crippen LogP contribution in [0.2, 0.25) is 0 Å². The molecule has 3 N–H and O–H groups in total. The summed E-state index contributed by atoms with van der Waals surface area (Å²) in [5.41, 5.74) is 0. The minimum absolute atomic E-state index is 0.107. The van der Waals surface area contributed by atoms with Gasteiger partial charge in [-0.25, -0.2) is 0 Å². The van der Waals surface area contributed by atoms with Crippen molar-refractivity contribution in [2.75, 3.05) is 26.7 Å². The van der Waals surface area contributed by atoms with Gasteiger partial charge in [0, 0.05) is 19.6 Å². The lowest BCUT2D eigenvalue weighted by molar-refractivity contribution is -0.120. The van der Waals surface area contributed by atoms with Crippen LogP contribution >= 0.6 is 0 Å². The van der Waals surface area contributed by atoms with E-state index in [0.29, 0.717) is 19.5 Å². The Morgan fingerprint density at radius 1 is 1.35 bits per heavy atom. The first kappa shape index (κ1) is 13.0. The lowest BCUT2D eigenvalue weighted by Crippen LogP contribution is -2.65. The highest BCUT2D eigenvalue weighted by Crippen LogP contribution is 2.29. The predicted octanol–water partition coefficient (Wildman–Crippen LogP) is -1.36. The van der Waals surface area contributed by atoms with Crippen molar-refractivity contribution in [3.63, 3.8) is 0 Å². The van der Waals surface area contributed by atoms with Crippen molar-refractivity contribution in [3.05, 3.63) is 12.7 Å². The number of nitrogens with zero attached hydrogens (tertiary/aromatic N) is 2. The third-order valence-corrected chi connectivity index (χ3v) is 4.03. The van der Waals surface area contributed by atoms with Crippen LogP contribution in [0.1, 0.15) is 6.42 Å². The maximum Gasteiger partial charge on any atom is 0.0994 e. The molecule has 0 radical (unpaired) electrons. The molecule has 2 heterocycles. The highest BCUT2D eigenvalue weighted by Gasteiger charge is 2.48. The fraction of sp³-hybridized carbons (Fsp3) is 0.833. The van der Waals surface area contributed by atoms with E-state index in [1.165, 1.54) is 0 Å². The zero-order valence-electron chi connectivity index (χ0n) is 10.2. The molecule has 2 fully saturated rings. The van der Waals surface area contributed by atoms with Gasteiger partial charge in [-0.1, -0.05) is 6.08 Å². The largest absolute Gasteiger partial charge is 0.391 e. The molecule has 2 aliphatic rings.